The van der Waals surface area contributed by atoms with Crippen LogP contribution < -0.4 is 5.32 Å². The highest BCUT2D eigenvalue weighted by molar-refractivity contribution is 7.91. The number of aliphatic carboxylic acids is 1. The Hall–Kier alpha value is -1.35. The Morgan fingerprint density at radius 3 is 2.58 bits per heavy atom. The standard InChI is InChI=1S/C10H18N2O6S/c1-2-19(17,18)4-3-11-10(16)12-6-7(13)5-8(12)9(14)15/h7-8,13H,2-6H2,1H3,(H,11,16)(H,14,15)/t7-,8-/m0/s1. The lowest BCUT2D eigenvalue weighted by Gasteiger charge is -2.21. The van der Waals surface area contributed by atoms with E-state index in [0.29, 0.717) is 0 Å². The van der Waals surface area contributed by atoms with E-state index in [1.54, 1.807) is 0 Å². The van der Waals surface area contributed by atoms with E-state index in [1.165, 1.54) is 6.92 Å². The summed E-state index contributed by atoms with van der Waals surface area (Å²) in [7, 11) is -3.18. The van der Waals surface area contributed by atoms with Crippen LogP contribution in [0.25, 0.3) is 0 Å². The lowest BCUT2D eigenvalue weighted by Crippen LogP contribution is -2.47. The SMILES string of the molecule is CCS(=O)(=O)CCNC(=O)N1C[C@@H](O)C[C@H]1C(=O)O. The maximum Gasteiger partial charge on any atom is 0.326 e. The molecule has 1 rings (SSSR count). The molecule has 110 valence electrons. The van der Waals surface area contributed by atoms with Crippen LogP contribution >= 0.6 is 0 Å². The number of carboxylic acid groups (broad SMARTS) is 1. The van der Waals surface area contributed by atoms with Gasteiger partial charge in [0, 0.05) is 25.3 Å². The van der Waals surface area contributed by atoms with Crippen molar-refractivity contribution in [3.63, 3.8) is 0 Å². The van der Waals surface area contributed by atoms with E-state index in [1.807, 2.05) is 0 Å². The molecule has 1 heterocycles. The van der Waals surface area contributed by atoms with Crippen LogP contribution in [0.15, 0.2) is 0 Å². The largest absolute Gasteiger partial charge is 0.480 e. The molecule has 0 spiro atoms. The molecule has 1 aliphatic heterocycles. The van der Waals surface area contributed by atoms with E-state index in [0.717, 1.165) is 4.90 Å². The van der Waals surface area contributed by atoms with Crippen molar-refractivity contribution in [3.8, 4) is 0 Å². The number of carbonyl (C=O) groups excluding carboxylic acids is 1. The molecule has 19 heavy (non-hydrogen) atoms. The molecule has 0 aliphatic carbocycles. The molecule has 1 fully saturated rings. The van der Waals surface area contributed by atoms with E-state index in [-0.39, 0.29) is 31.0 Å². The zero-order valence-corrected chi connectivity index (χ0v) is 11.4. The molecule has 0 aromatic rings. The average Bonchev–Trinajstić information content (AvgIpc) is 2.71. The summed E-state index contributed by atoms with van der Waals surface area (Å²) in [4.78, 5) is 23.6. The monoisotopic (exact) mass is 294 g/mol. The van der Waals surface area contributed by atoms with Crippen molar-refractivity contribution in [2.45, 2.75) is 25.5 Å². The van der Waals surface area contributed by atoms with Crippen molar-refractivity contribution in [1.82, 2.24) is 10.2 Å². The minimum absolute atomic E-state index is 0.0109. The molecule has 1 saturated heterocycles. The van der Waals surface area contributed by atoms with E-state index in [4.69, 9.17) is 5.11 Å². The van der Waals surface area contributed by atoms with E-state index in [9.17, 15) is 23.1 Å². The molecule has 1 aliphatic rings. The molecule has 2 amide bonds. The van der Waals surface area contributed by atoms with Crippen molar-refractivity contribution in [2.24, 2.45) is 0 Å². The topological polar surface area (TPSA) is 124 Å². The summed E-state index contributed by atoms with van der Waals surface area (Å²) >= 11 is 0. The van der Waals surface area contributed by atoms with Crippen LogP contribution in [-0.4, -0.2) is 72.3 Å². The maximum atomic E-state index is 11.7. The van der Waals surface area contributed by atoms with Gasteiger partial charge in [-0.25, -0.2) is 18.0 Å². The van der Waals surface area contributed by atoms with Gasteiger partial charge in [0.05, 0.1) is 11.9 Å². The summed E-state index contributed by atoms with van der Waals surface area (Å²) < 4.78 is 22.5. The fraction of sp³-hybridized carbons (Fsp3) is 0.800. The number of nitrogens with zero attached hydrogens (tertiary/aromatic N) is 1. The van der Waals surface area contributed by atoms with Gasteiger partial charge in [-0.05, 0) is 0 Å². The molecular weight excluding hydrogens is 276 g/mol. The van der Waals surface area contributed by atoms with E-state index >= 15 is 0 Å². The predicted octanol–water partition coefficient (Wildman–Crippen LogP) is -1.35. The average molecular weight is 294 g/mol. The third-order valence-electron chi connectivity index (χ3n) is 2.95. The van der Waals surface area contributed by atoms with E-state index in [2.05, 4.69) is 5.32 Å². The molecule has 0 aromatic heterocycles. The van der Waals surface area contributed by atoms with Crippen LogP contribution in [0.5, 0.6) is 0 Å². The van der Waals surface area contributed by atoms with Crippen molar-refractivity contribution in [2.75, 3.05) is 24.6 Å². The molecule has 0 bridgehead atoms. The number of nitrogens with one attached hydrogen (secondary N) is 1. The van der Waals surface area contributed by atoms with Gasteiger partial charge >= 0.3 is 12.0 Å². The first-order chi connectivity index (χ1) is 8.76. The lowest BCUT2D eigenvalue weighted by molar-refractivity contribution is -0.141. The normalized spacial score (nSPS) is 23.4. The van der Waals surface area contributed by atoms with Gasteiger partial charge in [0.1, 0.15) is 6.04 Å². The lowest BCUT2D eigenvalue weighted by atomic mass is 10.2. The van der Waals surface area contributed by atoms with Gasteiger partial charge in [0.15, 0.2) is 9.84 Å². The van der Waals surface area contributed by atoms with Gasteiger partial charge in [-0.1, -0.05) is 6.92 Å². The van der Waals surface area contributed by atoms with Crippen LogP contribution in [0.2, 0.25) is 0 Å². The molecule has 8 nitrogen and oxygen atoms in total. The highest BCUT2D eigenvalue weighted by atomic mass is 32.2. The fourth-order valence-electron chi connectivity index (χ4n) is 1.83. The Labute approximate surface area is 111 Å². The summed E-state index contributed by atoms with van der Waals surface area (Å²) in [5.41, 5.74) is 0. The number of hydrogen-bond donors (Lipinski definition) is 3. The van der Waals surface area contributed by atoms with Crippen LogP contribution in [0, 0.1) is 0 Å². The van der Waals surface area contributed by atoms with Crippen LogP contribution in [-0.2, 0) is 14.6 Å². The summed E-state index contributed by atoms with van der Waals surface area (Å²) in [6, 6.07) is -1.74. The van der Waals surface area contributed by atoms with Crippen molar-refractivity contribution >= 4 is 21.8 Å². The Morgan fingerprint density at radius 2 is 2.05 bits per heavy atom. The number of amides is 2. The summed E-state index contributed by atoms with van der Waals surface area (Å²) in [5.74, 6) is -1.39. The maximum absolute atomic E-state index is 11.7. The number of hydrogen-bond acceptors (Lipinski definition) is 5. The molecular formula is C10H18N2O6S. The Kier molecular flexibility index (Phi) is 5.12. The van der Waals surface area contributed by atoms with Crippen LogP contribution in [0.4, 0.5) is 4.79 Å². The first-order valence-electron chi connectivity index (χ1n) is 5.92. The zero-order valence-electron chi connectivity index (χ0n) is 10.6. The fourth-order valence-corrected chi connectivity index (χ4v) is 2.53. The van der Waals surface area contributed by atoms with Crippen molar-refractivity contribution in [3.05, 3.63) is 0 Å². The molecule has 3 N–H and O–H groups in total. The van der Waals surface area contributed by atoms with Gasteiger partial charge in [0.2, 0.25) is 0 Å². The van der Waals surface area contributed by atoms with Gasteiger partial charge in [-0.2, -0.15) is 0 Å². The third-order valence-corrected chi connectivity index (χ3v) is 4.66. The summed E-state index contributed by atoms with van der Waals surface area (Å²) in [6.07, 6.45) is -0.887. The number of likely N-dealkylation sites (tertiary alicyclic amines) is 1. The van der Waals surface area contributed by atoms with Gasteiger partial charge in [-0.15, -0.1) is 0 Å². The Morgan fingerprint density at radius 1 is 1.42 bits per heavy atom. The highest BCUT2D eigenvalue weighted by Crippen LogP contribution is 2.17. The van der Waals surface area contributed by atoms with Crippen molar-refractivity contribution < 1.29 is 28.2 Å². The predicted molar refractivity (Wildman–Crippen MR) is 66.5 cm³/mol. The minimum atomic E-state index is -3.18. The van der Waals surface area contributed by atoms with Gasteiger partial charge < -0.3 is 20.4 Å². The third kappa shape index (κ3) is 4.35. The molecule has 0 radical (unpaired) electrons. The van der Waals surface area contributed by atoms with Gasteiger partial charge in [-0.3, -0.25) is 0 Å². The molecule has 0 unspecified atom stereocenters. The number of sulfone groups is 1. The molecule has 0 saturated carbocycles. The van der Waals surface area contributed by atoms with E-state index < -0.39 is 34.0 Å². The number of aliphatic hydroxyl groups is 1. The number of carbonyl (C=O) groups is 2. The minimum Gasteiger partial charge on any atom is -0.480 e. The second-order valence-corrected chi connectivity index (χ2v) is 6.84. The second-order valence-electron chi connectivity index (χ2n) is 4.36. The van der Waals surface area contributed by atoms with Crippen molar-refractivity contribution in [1.29, 1.82) is 0 Å². The number of rotatable bonds is 5. The quantitative estimate of drug-likeness (QED) is 0.576. The van der Waals surface area contributed by atoms with Crippen LogP contribution in [0.1, 0.15) is 13.3 Å². The highest BCUT2D eigenvalue weighted by Gasteiger charge is 2.38. The van der Waals surface area contributed by atoms with Crippen LogP contribution in [0.3, 0.4) is 0 Å². The second kappa shape index (κ2) is 6.20. The summed E-state index contributed by atoms with van der Waals surface area (Å²) in [5, 5.41) is 20.6. The first kappa shape index (κ1) is 15.7. The number of urea groups is 1. The number of carboxylic acids is 1. The Balaban J connectivity index is 2.51. The smallest absolute Gasteiger partial charge is 0.326 e. The number of aliphatic hydroxyl groups excluding tert-OH is 1. The molecule has 0 aromatic carbocycles. The van der Waals surface area contributed by atoms with Gasteiger partial charge in [0.25, 0.3) is 0 Å². The first-order valence-corrected chi connectivity index (χ1v) is 7.74. The Bertz CT molecular complexity index is 449. The molecule has 9 heteroatoms. The zero-order chi connectivity index (χ0) is 14.6. The summed E-state index contributed by atoms with van der Waals surface area (Å²) in [6.45, 7) is 1.37. The molecule has 2 atom stereocenters. The number of β-amino-alcohol motifs (C(OH)–C–C–N with tert-alkyl or cyclic N) is 1.